The Hall–Kier alpha value is -4.25. The van der Waals surface area contributed by atoms with Crippen molar-refractivity contribution in [2.24, 2.45) is 0 Å². The molecule has 0 aliphatic heterocycles. The predicted octanol–water partition coefficient (Wildman–Crippen LogP) is 7.97. The molecule has 3 atom stereocenters. The Kier molecular flexibility index (Phi) is 31.7. The fraction of sp³-hybridized carbons (Fsp3) is 0.562. The average Bonchev–Trinajstić information content (AvgIpc) is 3.30. The highest BCUT2D eigenvalue weighted by molar-refractivity contribution is 5.90. The molecule has 0 aromatic heterocycles. The molecular formula is C48H73NO13. The van der Waals surface area contributed by atoms with Crippen LogP contribution in [0.15, 0.2) is 91.0 Å². The number of benzene rings is 3. The lowest BCUT2D eigenvalue weighted by Gasteiger charge is -2.25. The second-order valence-electron chi connectivity index (χ2n) is 14.3. The van der Waals surface area contributed by atoms with Gasteiger partial charge < -0.3 is 52.6 Å². The molecular weight excluding hydrogens is 799 g/mol. The van der Waals surface area contributed by atoms with Gasteiger partial charge in [-0.1, -0.05) is 81.3 Å². The van der Waals surface area contributed by atoms with Gasteiger partial charge in [0.15, 0.2) is 37.2 Å². The molecule has 0 bridgehead atoms. The summed E-state index contributed by atoms with van der Waals surface area (Å²) in [5, 5.41) is 8.87. The van der Waals surface area contributed by atoms with Crippen LogP contribution in [0.4, 0.5) is 0 Å². The van der Waals surface area contributed by atoms with E-state index >= 15 is 0 Å². The minimum absolute atomic E-state index is 0.0273. The van der Waals surface area contributed by atoms with Crippen molar-refractivity contribution in [2.75, 3.05) is 69.4 Å². The molecule has 62 heavy (non-hydrogen) atoms. The van der Waals surface area contributed by atoms with Gasteiger partial charge in [0, 0.05) is 49.3 Å². The summed E-state index contributed by atoms with van der Waals surface area (Å²) in [4.78, 5) is 38.6. The Balaban J connectivity index is 0.000000467. The summed E-state index contributed by atoms with van der Waals surface area (Å²) in [5.74, 6) is -1.12. The molecule has 0 aliphatic carbocycles. The summed E-state index contributed by atoms with van der Waals surface area (Å²) in [6.07, 6.45) is 4.56. The molecule has 3 aromatic carbocycles. The maximum Gasteiger partial charge on any atom is 0.338 e. The van der Waals surface area contributed by atoms with Gasteiger partial charge in [-0.05, 0) is 101 Å². The van der Waals surface area contributed by atoms with Crippen LogP contribution in [0.3, 0.4) is 0 Å². The summed E-state index contributed by atoms with van der Waals surface area (Å²) in [5.41, 5.74) is 1.55. The first-order valence-electron chi connectivity index (χ1n) is 21.3. The highest BCUT2D eigenvalue weighted by Gasteiger charge is 2.27. The fourth-order valence-electron chi connectivity index (χ4n) is 6.23. The van der Waals surface area contributed by atoms with Crippen LogP contribution in [0, 0.1) is 0 Å². The average molecular weight is 872 g/mol. The van der Waals surface area contributed by atoms with Crippen LogP contribution in [0.1, 0.15) is 103 Å². The molecule has 0 amide bonds. The molecule has 14 heteroatoms. The van der Waals surface area contributed by atoms with Crippen molar-refractivity contribution in [3.63, 3.8) is 0 Å². The van der Waals surface area contributed by atoms with Gasteiger partial charge in [0.2, 0.25) is 0 Å². The van der Waals surface area contributed by atoms with Crippen LogP contribution >= 0.6 is 0 Å². The molecule has 0 heterocycles. The van der Waals surface area contributed by atoms with E-state index in [-0.39, 0.29) is 24.6 Å². The number of carbonyl (C=O) groups excluding carboxylic acids is 3. The van der Waals surface area contributed by atoms with Gasteiger partial charge >= 0.3 is 17.9 Å². The summed E-state index contributed by atoms with van der Waals surface area (Å²) >= 11 is 0. The maximum absolute atomic E-state index is 12.2. The van der Waals surface area contributed by atoms with Crippen LogP contribution in [-0.2, 0) is 42.6 Å². The largest absolute Gasteiger partial charge is 0.453 e. The molecule has 348 valence electrons. The first kappa shape index (κ1) is 55.8. The first-order chi connectivity index (χ1) is 30.1. The van der Waals surface area contributed by atoms with Crippen molar-refractivity contribution in [1.29, 1.82) is 0 Å². The third-order valence-corrected chi connectivity index (χ3v) is 9.48. The number of aliphatic hydroxyl groups excluding tert-OH is 1. The molecule has 0 saturated carbocycles. The van der Waals surface area contributed by atoms with Crippen LogP contribution in [0.25, 0.3) is 0 Å². The first-order valence-corrected chi connectivity index (χ1v) is 21.3. The minimum Gasteiger partial charge on any atom is -0.453 e. The van der Waals surface area contributed by atoms with E-state index in [2.05, 4.69) is 25.8 Å². The van der Waals surface area contributed by atoms with E-state index in [1.165, 1.54) is 14.2 Å². The van der Waals surface area contributed by atoms with Crippen molar-refractivity contribution in [3.8, 4) is 0 Å². The van der Waals surface area contributed by atoms with Gasteiger partial charge in [-0.3, -0.25) is 0 Å². The fourth-order valence-corrected chi connectivity index (χ4v) is 6.23. The van der Waals surface area contributed by atoms with Gasteiger partial charge in [0.25, 0.3) is 0 Å². The van der Waals surface area contributed by atoms with E-state index in [9.17, 15) is 14.4 Å². The Bertz CT molecular complexity index is 1540. The number of aliphatic hydroxyl groups is 1. The maximum atomic E-state index is 12.2. The Morgan fingerprint density at radius 1 is 0.468 bits per heavy atom. The monoisotopic (exact) mass is 872 g/mol. The van der Waals surface area contributed by atoms with E-state index in [0.717, 1.165) is 51.6 Å². The molecule has 0 fully saturated rings. The topological polar surface area (TPSA) is 158 Å². The van der Waals surface area contributed by atoms with Gasteiger partial charge in [-0.2, -0.15) is 0 Å². The predicted molar refractivity (Wildman–Crippen MR) is 238 cm³/mol. The number of hydrogen-bond acceptors (Lipinski definition) is 14. The van der Waals surface area contributed by atoms with Crippen molar-refractivity contribution in [2.45, 2.75) is 109 Å². The Labute approximate surface area is 370 Å². The number of esters is 3. The molecule has 3 unspecified atom stereocenters. The van der Waals surface area contributed by atoms with Crippen molar-refractivity contribution >= 4 is 17.9 Å². The summed E-state index contributed by atoms with van der Waals surface area (Å²) in [7, 11) is 11.3. The SMILES string of the molecule is CCCCCC(OC(=O)c1ccccc1)C(OC)OC.CCCN(C)CCCC(OC(=O)c1ccccc1)C(OC)OC.COC(OC)C(CCCO)OC(=O)c1ccccc1. The second kappa shape index (κ2) is 35.2. The lowest BCUT2D eigenvalue weighted by atomic mass is 10.1. The lowest BCUT2D eigenvalue weighted by Crippen LogP contribution is -2.35. The van der Waals surface area contributed by atoms with Crippen molar-refractivity contribution < 1.29 is 62.1 Å². The van der Waals surface area contributed by atoms with Crippen LogP contribution < -0.4 is 0 Å². The minimum atomic E-state index is -0.640. The van der Waals surface area contributed by atoms with Gasteiger partial charge in [-0.15, -0.1) is 0 Å². The number of ether oxygens (including phenoxy) is 9. The Morgan fingerprint density at radius 3 is 1.08 bits per heavy atom. The highest BCUT2D eigenvalue weighted by Crippen LogP contribution is 2.18. The zero-order valence-electron chi connectivity index (χ0n) is 38.4. The number of nitrogens with zero attached hydrogens (tertiary/aromatic N) is 1. The third kappa shape index (κ3) is 22.7. The Morgan fingerprint density at radius 2 is 0.790 bits per heavy atom. The summed E-state index contributed by atoms with van der Waals surface area (Å²) in [6.45, 7) is 6.33. The van der Waals surface area contributed by atoms with Gasteiger partial charge in [0.05, 0.1) is 16.7 Å². The molecule has 1 N–H and O–H groups in total. The summed E-state index contributed by atoms with van der Waals surface area (Å²) < 4.78 is 47.8. The van der Waals surface area contributed by atoms with Gasteiger partial charge in [0.1, 0.15) is 0 Å². The van der Waals surface area contributed by atoms with Crippen LogP contribution in [0.2, 0.25) is 0 Å². The molecule has 0 aliphatic rings. The summed E-state index contributed by atoms with van der Waals surface area (Å²) in [6, 6.07) is 26.7. The van der Waals surface area contributed by atoms with E-state index in [1.54, 1.807) is 77.0 Å². The number of methoxy groups -OCH3 is 6. The van der Waals surface area contributed by atoms with E-state index in [1.807, 2.05) is 42.5 Å². The van der Waals surface area contributed by atoms with Crippen molar-refractivity contribution in [1.82, 2.24) is 4.90 Å². The number of rotatable bonds is 28. The number of hydrogen-bond donors (Lipinski definition) is 1. The quantitative estimate of drug-likeness (QED) is 0.0324. The normalized spacial score (nSPS) is 12.5. The molecule has 14 nitrogen and oxygen atoms in total. The molecule has 3 rings (SSSR count). The number of unbranched alkanes of at least 4 members (excludes halogenated alkanes) is 2. The zero-order chi connectivity index (χ0) is 46.0. The molecule has 0 radical (unpaired) electrons. The molecule has 0 spiro atoms. The standard InChI is InChI=1S/C18H29NO4.C16H24O4.C14H20O5/c1-5-13-19(2)14-9-12-16(18(21-3)22-4)23-17(20)15-10-7-6-8-11-15;1-4-5-7-12-14(16(18-2)19-3)20-15(17)13-10-8-6-9-11-13;1-17-14(18-2)12(9-6-10-15)19-13(16)11-7-4-3-5-8-11/h6-8,10-11,16,18H,5,9,12-14H2,1-4H3;6,8-11,14,16H,4-5,7,12H2,1-3H3;3-5,7-8,12,14-15H,6,9-10H2,1-2H3. The van der Waals surface area contributed by atoms with E-state index in [0.29, 0.717) is 36.0 Å². The zero-order valence-corrected chi connectivity index (χ0v) is 38.4. The van der Waals surface area contributed by atoms with E-state index in [4.69, 9.17) is 47.7 Å². The highest BCUT2D eigenvalue weighted by atomic mass is 16.7. The molecule has 0 saturated heterocycles. The second-order valence-corrected chi connectivity index (χ2v) is 14.3. The molecule has 3 aromatic rings. The lowest BCUT2D eigenvalue weighted by molar-refractivity contribution is -0.167. The van der Waals surface area contributed by atoms with Crippen molar-refractivity contribution in [3.05, 3.63) is 108 Å². The third-order valence-electron chi connectivity index (χ3n) is 9.48. The smallest absolute Gasteiger partial charge is 0.338 e. The van der Waals surface area contributed by atoms with Crippen LogP contribution in [0.5, 0.6) is 0 Å². The van der Waals surface area contributed by atoms with Crippen LogP contribution in [-0.4, -0.2) is 134 Å². The van der Waals surface area contributed by atoms with E-state index < -0.39 is 37.0 Å². The van der Waals surface area contributed by atoms with Gasteiger partial charge in [-0.25, -0.2) is 14.4 Å². The number of carbonyl (C=O) groups is 3.